The Bertz CT molecular complexity index is 831. The van der Waals surface area contributed by atoms with Crippen molar-refractivity contribution in [2.75, 3.05) is 11.4 Å². The molecule has 0 aromatic heterocycles. The highest BCUT2D eigenvalue weighted by Crippen LogP contribution is 2.28. The summed E-state index contributed by atoms with van der Waals surface area (Å²) >= 11 is 0. The lowest BCUT2D eigenvalue weighted by Gasteiger charge is -2.21. The molecule has 0 bridgehead atoms. The van der Waals surface area contributed by atoms with Gasteiger partial charge in [-0.2, -0.15) is 0 Å². The monoisotopic (exact) mass is 339 g/mol. The van der Waals surface area contributed by atoms with Crippen LogP contribution in [0.15, 0.2) is 54.6 Å². The van der Waals surface area contributed by atoms with Gasteiger partial charge in [0.05, 0.1) is 0 Å². The molecule has 5 heteroatoms. The molecule has 2 aromatic carbocycles. The summed E-state index contributed by atoms with van der Waals surface area (Å²) in [6, 6.07) is 13.5. The average Bonchev–Trinajstić information content (AvgIpc) is 3.03. The molecule has 128 valence electrons. The second-order valence-electron chi connectivity index (χ2n) is 5.84. The van der Waals surface area contributed by atoms with Crippen LogP contribution >= 0.6 is 0 Å². The Hall–Kier alpha value is -2.95. The number of fused-ring (bicyclic) bond motifs is 1. The Kier molecular flexibility index (Phi) is 4.93. The number of rotatable bonds is 4. The number of ether oxygens (including phenoxy) is 1. The van der Waals surface area contributed by atoms with E-state index in [9.17, 15) is 14.0 Å². The zero-order valence-electron chi connectivity index (χ0n) is 13.8. The minimum Gasteiger partial charge on any atom is -0.449 e. The number of anilines is 1. The Labute approximate surface area is 145 Å². The maximum atomic E-state index is 13.1. The first-order valence-electron chi connectivity index (χ1n) is 8.08. The number of hydrogen-bond acceptors (Lipinski definition) is 3. The summed E-state index contributed by atoms with van der Waals surface area (Å²) < 4.78 is 18.3. The van der Waals surface area contributed by atoms with E-state index in [2.05, 4.69) is 0 Å². The fourth-order valence-electron chi connectivity index (χ4n) is 2.83. The van der Waals surface area contributed by atoms with Crippen molar-refractivity contribution in [2.45, 2.75) is 19.4 Å². The molecule has 1 aliphatic heterocycles. The summed E-state index contributed by atoms with van der Waals surface area (Å²) in [6.45, 7) is 2.14. The molecule has 0 spiro atoms. The van der Waals surface area contributed by atoms with E-state index in [1.54, 1.807) is 24.0 Å². The Balaban J connectivity index is 1.61. The number of carbonyl (C=O) groups is 2. The predicted molar refractivity (Wildman–Crippen MR) is 93.5 cm³/mol. The molecule has 1 aliphatic rings. The van der Waals surface area contributed by atoms with Gasteiger partial charge in [0, 0.05) is 18.3 Å². The Morgan fingerprint density at radius 1 is 1.20 bits per heavy atom. The van der Waals surface area contributed by atoms with Gasteiger partial charge in [0.1, 0.15) is 5.82 Å². The molecule has 0 N–H and O–H groups in total. The highest BCUT2D eigenvalue weighted by molar-refractivity contribution is 6.00. The second-order valence-corrected chi connectivity index (χ2v) is 5.84. The third-order valence-electron chi connectivity index (χ3n) is 4.05. The molecule has 25 heavy (non-hydrogen) atoms. The first-order valence-corrected chi connectivity index (χ1v) is 8.08. The third-order valence-corrected chi connectivity index (χ3v) is 4.05. The van der Waals surface area contributed by atoms with Crippen molar-refractivity contribution in [1.82, 2.24) is 0 Å². The van der Waals surface area contributed by atoms with E-state index in [0.717, 1.165) is 17.7 Å². The molecule has 1 atom stereocenters. The van der Waals surface area contributed by atoms with Crippen LogP contribution in [-0.2, 0) is 20.7 Å². The molecule has 2 aromatic rings. The quantitative estimate of drug-likeness (QED) is 0.634. The van der Waals surface area contributed by atoms with Crippen LogP contribution in [-0.4, -0.2) is 24.5 Å². The topological polar surface area (TPSA) is 46.6 Å². The van der Waals surface area contributed by atoms with Crippen LogP contribution in [0.4, 0.5) is 10.1 Å². The zero-order valence-corrected chi connectivity index (χ0v) is 13.8. The largest absolute Gasteiger partial charge is 0.449 e. The number of esters is 1. The number of nitrogens with zero attached hydrogens (tertiary/aromatic N) is 1. The van der Waals surface area contributed by atoms with Crippen LogP contribution in [0.1, 0.15) is 18.1 Å². The second kappa shape index (κ2) is 7.30. The fraction of sp³-hybridized carbons (Fsp3) is 0.200. The lowest BCUT2D eigenvalue weighted by Crippen LogP contribution is -2.38. The molecular formula is C20H18FNO3. The summed E-state index contributed by atoms with van der Waals surface area (Å²) in [5, 5.41) is 0. The van der Waals surface area contributed by atoms with Gasteiger partial charge in [0.25, 0.3) is 5.91 Å². The fourth-order valence-corrected chi connectivity index (χ4v) is 2.83. The lowest BCUT2D eigenvalue weighted by molar-refractivity contribution is -0.149. The maximum absolute atomic E-state index is 13.1. The summed E-state index contributed by atoms with van der Waals surface area (Å²) in [5.74, 6) is -1.28. The van der Waals surface area contributed by atoms with Crippen molar-refractivity contribution in [3.63, 3.8) is 0 Å². The number of carbonyl (C=O) groups excluding carboxylic acids is 2. The number of benzene rings is 2. The number of amides is 1. The summed E-state index contributed by atoms with van der Waals surface area (Å²) in [6.07, 6.45) is 2.54. The van der Waals surface area contributed by atoms with Crippen LogP contribution in [0.25, 0.3) is 6.08 Å². The smallest absolute Gasteiger partial charge is 0.331 e. The van der Waals surface area contributed by atoms with Gasteiger partial charge >= 0.3 is 5.97 Å². The molecule has 4 nitrogen and oxygen atoms in total. The highest BCUT2D eigenvalue weighted by Gasteiger charge is 2.29. The minimum absolute atomic E-state index is 0.252. The number of halogens is 1. The van der Waals surface area contributed by atoms with E-state index in [0.29, 0.717) is 12.1 Å². The van der Waals surface area contributed by atoms with Gasteiger partial charge in [-0.15, -0.1) is 0 Å². The first kappa shape index (κ1) is 16.9. The summed E-state index contributed by atoms with van der Waals surface area (Å²) in [4.78, 5) is 26.1. The summed E-state index contributed by atoms with van der Waals surface area (Å²) in [5.41, 5.74) is 2.52. The van der Waals surface area contributed by atoms with Crippen molar-refractivity contribution >= 4 is 23.6 Å². The molecule has 0 radical (unpaired) electrons. The molecule has 0 fully saturated rings. The van der Waals surface area contributed by atoms with E-state index in [1.165, 1.54) is 24.3 Å². The van der Waals surface area contributed by atoms with E-state index < -0.39 is 12.1 Å². The minimum atomic E-state index is -0.893. The highest BCUT2D eigenvalue weighted by atomic mass is 19.1. The van der Waals surface area contributed by atoms with Crippen LogP contribution in [0, 0.1) is 5.82 Å². The number of para-hydroxylation sites is 1. The lowest BCUT2D eigenvalue weighted by atomic mass is 10.2. The SMILES string of the molecule is C[C@H](OC(=O)/C=C/c1cccc(F)c1)C(=O)N1CCc2ccccc21. The average molecular weight is 339 g/mol. The van der Waals surface area contributed by atoms with Gasteiger partial charge in [-0.1, -0.05) is 30.3 Å². The molecule has 0 aliphatic carbocycles. The normalized spacial score (nSPS) is 14.4. The molecule has 1 amide bonds. The van der Waals surface area contributed by atoms with Gasteiger partial charge < -0.3 is 9.64 Å². The van der Waals surface area contributed by atoms with Crippen molar-refractivity contribution in [2.24, 2.45) is 0 Å². The van der Waals surface area contributed by atoms with E-state index in [1.807, 2.05) is 24.3 Å². The Morgan fingerprint density at radius 2 is 2.00 bits per heavy atom. The molecule has 0 saturated carbocycles. The van der Waals surface area contributed by atoms with E-state index >= 15 is 0 Å². The van der Waals surface area contributed by atoms with Crippen LogP contribution in [0.3, 0.4) is 0 Å². The zero-order chi connectivity index (χ0) is 17.8. The third kappa shape index (κ3) is 3.94. The standard InChI is InChI=1S/C20H18FNO3/c1-14(20(24)22-12-11-16-6-2-3-8-18(16)22)25-19(23)10-9-15-5-4-7-17(21)13-15/h2-10,13-14H,11-12H2,1H3/b10-9+/t14-/m0/s1. The Morgan fingerprint density at radius 3 is 2.80 bits per heavy atom. The van der Waals surface area contributed by atoms with Crippen molar-refractivity contribution in [1.29, 1.82) is 0 Å². The van der Waals surface area contributed by atoms with Gasteiger partial charge in [-0.25, -0.2) is 9.18 Å². The van der Waals surface area contributed by atoms with Crippen molar-refractivity contribution in [3.8, 4) is 0 Å². The molecule has 0 unspecified atom stereocenters. The van der Waals surface area contributed by atoms with E-state index in [4.69, 9.17) is 4.74 Å². The first-order chi connectivity index (χ1) is 12.0. The predicted octanol–water partition coefficient (Wildman–Crippen LogP) is 3.36. The maximum Gasteiger partial charge on any atom is 0.331 e. The van der Waals surface area contributed by atoms with Crippen molar-refractivity contribution < 1.29 is 18.7 Å². The molecular weight excluding hydrogens is 321 g/mol. The van der Waals surface area contributed by atoms with Gasteiger partial charge in [-0.05, 0) is 48.7 Å². The van der Waals surface area contributed by atoms with Gasteiger partial charge in [0.15, 0.2) is 6.10 Å². The van der Waals surface area contributed by atoms with Crippen LogP contribution in [0.2, 0.25) is 0 Å². The van der Waals surface area contributed by atoms with E-state index in [-0.39, 0.29) is 11.7 Å². The van der Waals surface area contributed by atoms with Gasteiger partial charge in [-0.3, -0.25) is 4.79 Å². The van der Waals surface area contributed by atoms with Gasteiger partial charge in [0.2, 0.25) is 0 Å². The van der Waals surface area contributed by atoms with Crippen molar-refractivity contribution in [3.05, 3.63) is 71.6 Å². The summed E-state index contributed by atoms with van der Waals surface area (Å²) in [7, 11) is 0. The molecule has 3 rings (SSSR count). The molecule has 1 heterocycles. The molecule has 0 saturated heterocycles. The van der Waals surface area contributed by atoms with Crippen LogP contribution in [0.5, 0.6) is 0 Å². The number of hydrogen-bond donors (Lipinski definition) is 0. The van der Waals surface area contributed by atoms with Crippen LogP contribution < -0.4 is 4.90 Å².